The Bertz CT molecular complexity index is 356. The molecule has 0 spiro atoms. The average Bonchev–Trinajstić information content (AvgIpc) is 2.02. The molecule has 68 valence electrons. The van der Waals surface area contributed by atoms with E-state index < -0.39 is 0 Å². The smallest absolute Gasteiger partial charge is 0.152 e. The summed E-state index contributed by atoms with van der Waals surface area (Å²) in [6, 6.07) is 5.14. The summed E-state index contributed by atoms with van der Waals surface area (Å²) >= 11 is 11.6. The van der Waals surface area contributed by atoms with Gasteiger partial charge in [0, 0.05) is 10.0 Å². The third-order valence-corrected chi connectivity index (χ3v) is 2.02. The molecule has 0 aliphatic heterocycles. The monoisotopic (exact) mass is 214 g/mol. The highest BCUT2D eigenvalue weighted by atomic mass is 35.5. The molecule has 0 saturated carbocycles. The second kappa shape index (κ2) is 4.45. The highest BCUT2D eigenvalue weighted by molar-refractivity contribution is 6.35. The number of hydrogen-bond donors (Lipinski definition) is 0. The third-order valence-electron chi connectivity index (χ3n) is 1.46. The van der Waals surface area contributed by atoms with Gasteiger partial charge in [0.2, 0.25) is 0 Å². The van der Waals surface area contributed by atoms with E-state index in [1.807, 2.05) is 0 Å². The van der Waals surface area contributed by atoms with Crippen LogP contribution in [0.15, 0.2) is 24.3 Å². The van der Waals surface area contributed by atoms with Crippen LogP contribution in [0.5, 0.6) is 0 Å². The van der Waals surface area contributed by atoms with Gasteiger partial charge in [0.1, 0.15) is 0 Å². The molecule has 0 aliphatic rings. The minimum Gasteiger partial charge on any atom is -0.295 e. The lowest BCUT2D eigenvalue weighted by molar-refractivity contribution is -0.112. The molecule has 1 aromatic carbocycles. The fourth-order valence-corrected chi connectivity index (χ4v) is 1.32. The predicted octanol–water partition coefficient (Wildman–Crippen LogP) is 3.60. The molecule has 0 N–H and O–H groups in total. The van der Waals surface area contributed by atoms with Crippen LogP contribution >= 0.6 is 23.2 Å². The minimum atomic E-state index is -0.00832. The number of halogens is 2. The molecule has 0 fully saturated rings. The third kappa shape index (κ3) is 3.21. The molecule has 1 rings (SSSR count). The second-order valence-electron chi connectivity index (χ2n) is 2.61. The van der Waals surface area contributed by atoms with E-state index in [-0.39, 0.29) is 5.78 Å². The standard InChI is InChI=1S/C10H8Cl2O/c1-7(13)2-3-8-4-5-9(11)6-10(8)12/h2-6H,1H3. The molecule has 0 bridgehead atoms. The van der Waals surface area contributed by atoms with Gasteiger partial charge in [-0.1, -0.05) is 29.3 Å². The Kier molecular flexibility index (Phi) is 3.52. The lowest BCUT2D eigenvalue weighted by Gasteiger charge is -1.97. The molecule has 1 aromatic rings. The number of carbonyl (C=O) groups is 1. The van der Waals surface area contributed by atoms with Gasteiger partial charge in [-0.3, -0.25) is 4.79 Å². The van der Waals surface area contributed by atoms with Gasteiger partial charge < -0.3 is 0 Å². The molecule has 3 heteroatoms. The van der Waals surface area contributed by atoms with Gasteiger partial charge in [0.15, 0.2) is 5.78 Å². The molecule has 0 unspecified atom stereocenters. The molecule has 0 aliphatic carbocycles. The molecule has 0 aromatic heterocycles. The van der Waals surface area contributed by atoms with Crippen molar-refractivity contribution in [2.45, 2.75) is 6.92 Å². The van der Waals surface area contributed by atoms with Crippen molar-refractivity contribution in [3.8, 4) is 0 Å². The summed E-state index contributed by atoms with van der Waals surface area (Å²) < 4.78 is 0. The van der Waals surface area contributed by atoms with E-state index >= 15 is 0 Å². The van der Waals surface area contributed by atoms with Gasteiger partial charge in [0.25, 0.3) is 0 Å². The van der Waals surface area contributed by atoms with Gasteiger partial charge in [0.05, 0.1) is 0 Å². The Hall–Kier alpha value is -0.790. The van der Waals surface area contributed by atoms with Crippen LogP contribution in [0.2, 0.25) is 10.0 Å². The highest BCUT2D eigenvalue weighted by Gasteiger charge is 1.97. The van der Waals surface area contributed by atoms with Crippen LogP contribution in [-0.4, -0.2) is 5.78 Å². The van der Waals surface area contributed by atoms with E-state index in [0.29, 0.717) is 10.0 Å². The van der Waals surface area contributed by atoms with Crippen LogP contribution < -0.4 is 0 Å². The summed E-state index contributed by atoms with van der Waals surface area (Å²) in [5.74, 6) is -0.00832. The van der Waals surface area contributed by atoms with Crippen LogP contribution in [0.3, 0.4) is 0 Å². The number of ketones is 1. The van der Waals surface area contributed by atoms with Crippen molar-refractivity contribution in [1.29, 1.82) is 0 Å². The molecule has 13 heavy (non-hydrogen) atoms. The summed E-state index contributed by atoms with van der Waals surface area (Å²) in [6.07, 6.45) is 3.14. The molecular weight excluding hydrogens is 207 g/mol. The van der Waals surface area contributed by atoms with E-state index in [1.54, 1.807) is 24.3 Å². The Labute approximate surface area is 87.0 Å². The highest BCUT2D eigenvalue weighted by Crippen LogP contribution is 2.21. The zero-order chi connectivity index (χ0) is 9.84. The minimum absolute atomic E-state index is 0.00832. The summed E-state index contributed by atoms with van der Waals surface area (Å²) in [6.45, 7) is 1.49. The van der Waals surface area contributed by atoms with Gasteiger partial charge in [-0.25, -0.2) is 0 Å². The Balaban J connectivity index is 2.96. The fraction of sp³-hybridized carbons (Fsp3) is 0.100. The number of allylic oxidation sites excluding steroid dienone is 1. The van der Waals surface area contributed by atoms with E-state index in [0.717, 1.165) is 5.56 Å². The topological polar surface area (TPSA) is 17.1 Å². The SMILES string of the molecule is CC(=O)C=Cc1ccc(Cl)cc1Cl. The first-order chi connectivity index (χ1) is 6.09. The Morgan fingerprint density at radius 3 is 2.62 bits per heavy atom. The zero-order valence-corrected chi connectivity index (χ0v) is 8.56. The van der Waals surface area contributed by atoms with Crippen LogP contribution in [0, 0.1) is 0 Å². The molecule has 0 radical (unpaired) electrons. The van der Waals surface area contributed by atoms with E-state index in [2.05, 4.69) is 0 Å². The average molecular weight is 215 g/mol. The molecule has 0 saturated heterocycles. The van der Waals surface area contributed by atoms with Crippen molar-refractivity contribution in [2.75, 3.05) is 0 Å². The van der Waals surface area contributed by atoms with E-state index in [9.17, 15) is 4.79 Å². The number of carbonyl (C=O) groups excluding carboxylic acids is 1. The molecular formula is C10H8Cl2O. The predicted molar refractivity (Wildman–Crippen MR) is 56.2 cm³/mol. The largest absolute Gasteiger partial charge is 0.295 e. The number of hydrogen-bond acceptors (Lipinski definition) is 1. The van der Waals surface area contributed by atoms with Crippen molar-refractivity contribution in [3.05, 3.63) is 39.9 Å². The van der Waals surface area contributed by atoms with Crippen molar-refractivity contribution < 1.29 is 4.79 Å². The van der Waals surface area contributed by atoms with Crippen molar-refractivity contribution in [3.63, 3.8) is 0 Å². The number of rotatable bonds is 2. The van der Waals surface area contributed by atoms with Crippen LogP contribution in [0.25, 0.3) is 6.08 Å². The first kappa shape index (κ1) is 10.3. The maximum atomic E-state index is 10.6. The zero-order valence-electron chi connectivity index (χ0n) is 7.05. The van der Waals surface area contributed by atoms with Crippen LogP contribution in [0.1, 0.15) is 12.5 Å². The van der Waals surface area contributed by atoms with E-state index in [4.69, 9.17) is 23.2 Å². The maximum Gasteiger partial charge on any atom is 0.152 e. The maximum absolute atomic E-state index is 10.6. The summed E-state index contributed by atoms with van der Waals surface area (Å²) in [7, 11) is 0. The Morgan fingerprint density at radius 2 is 2.08 bits per heavy atom. The molecule has 0 heterocycles. The molecule has 1 nitrogen and oxygen atoms in total. The lowest BCUT2D eigenvalue weighted by atomic mass is 10.2. The second-order valence-corrected chi connectivity index (χ2v) is 3.45. The van der Waals surface area contributed by atoms with E-state index in [1.165, 1.54) is 13.0 Å². The van der Waals surface area contributed by atoms with Crippen LogP contribution in [-0.2, 0) is 4.79 Å². The molecule has 0 amide bonds. The normalized spacial score (nSPS) is 10.7. The number of benzene rings is 1. The quantitative estimate of drug-likeness (QED) is 0.689. The van der Waals surface area contributed by atoms with Gasteiger partial charge in [-0.2, -0.15) is 0 Å². The molecule has 0 atom stereocenters. The lowest BCUT2D eigenvalue weighted by Crippen LogP contribution is -1.81. The van der Waals surface area contributed by atoms with Gasteiger partial charge >= 0.3 is 0 Å². The summed E-state index contributed by atoms with van der Waals surface area (Å²) in [5, 5.41) is 1.13. The first-order valence-electron chi connectivity index (χ1n) is 3.73. The summed E-state index contributed by atoms with van der Waals surface area (Å²) in [4.78, 5) is 10.6. The first-order valence-corrected chi connectivity index (χ1v) is 4.49. The Morgan fingerprint density at radius 1 is 1.38 bits per heavy atom. The van der Waals surface area contributed by atoms with Crippen molar-refractivity contribution in [1.82, 2.24) is 0 Å². The van der Waals surface area contributed by atoms with Gasteiger partial charge in [-0.05, 0) is 36.8 Å². The van der Waals surface area contributed by atoms with Crippen molar-refractivity contribution >= 4 is 35.1 Å². The summed E-state index contributed by atoms with van der Waals surface area (Å²) in [5.41, 5.74) is 0.793. The van der Waals surface area contributed by atoms with Crippen molar-refractivity contribution in [2.24, 2.45) is 0 Å². The fourth-order valence-electron chi connectivity index (χ4n) is 0.844. The van der Waals surface area contributed by atoms with Gasteiger partial charge in [-0.15, -0.1) is 0 Å². The van der Waals surface area contributed by atoms with Crippen LogP contribution in [0.4, 0.5) is 0 Å².